The van der Waals surface area contributed by atoms with E-state index in [-0.39, 0.29) is 6.10 Å². The van der Waals surface area contributed by atoms with Gasteiger partial charge in [0.15, 0.2) is 0 Å². The normalized spacial score (nSPS) is 57.0. The predicted octanol–water partition coefficient (Wildman–Crippen LogP) is 1.39. The molecule has 14 heavy (non-hydrogen) atoms. The molecule has 4 rings (SSSR count). The molecule has 3 saturated heterocycles. The first-order chi connectivity index (χ1) is 6.69. The van der Waals surface area contributed by atoms with Gasteiger partial charge in [-0.3, -0.25) is 0 Å². The Morgan fingerprint density at radius 3 is 2.50 bits per heavy atom. The fourth-order valence-electron chi connectivity index (χ4n) is 4.38. The molecule has 80 valence electrons. The Hall–Kier alpha value is -0.0800. The molecular formula is C12H22NO+. The molecule has 0 spiro atoms. The maximum absolute atomic E-state index is 9.75. The molecule has 3 aliphatic heterocycles. The highest BCUT2D eigenvalue weighted by atomic mass is 16.3. The number of fused-ring (bicyclic) bond motifs is 2. The van der Waals surface area contributed by atoms with E-state index in [9.17, 15) is 5.11 Å². The summed E-state index contributed by atoms with van der Waals surface area (Å²) in [5.41, 5.74) is 0. The van der Waals surface area contributed by atoms with Crippen molar-refractivity contribution in [1.82, 2.24) is 0 Å². The molecule has 2 heteroatoms. The molecule has 4 aliphatic rings. The average Bonchev–Trinajstić information content (AvgIpc) is 2.18. The van der Waals surface area contributed by atoms with Gasteiger partial charge >= 0.3 is 0 Å². The number of aliphatic hydroxyl groups excluding tert-OH is 1. The summed E-state index contributed by atoms with van der Waals surface area (Å²) in [5.74, 6) is 1.81. The van der Waals surface area contributed by atoms with Crippen molar-refractivity contribution in [3.05, 3.63) is 0 Å². The van der Waals surface area contributed by atoms with Crippen LogP contribution in [0.1, 0.15) is 32.1 Å². The summed E-state index contributed by atoms with van der Waals surface area (Å²) >= 11 is 0. The minimum absolute atomic E-state index is 0.0170. The van der Waals surface area contributed by atoms with Crippen LogP contribution in [0, 0.1) is 11.8 Å². The molecule has 1 aliphatic carbocycles. The van der Waals surface area contributed by atoms with Gasteiger partial charge in [0.2, 0.25) is 0 Å². The second-order valence-electron chi connectivity index (χ2n) is 5.96. The Kier molecular flexibility index (Phi) is 1.94. The van der Waals surface area contributed by atoms with Gasteiger partial charge in [0.25, 0.3) is 0 Å². The van der Waals surface area contributed by atoms with Crippen LogP contribution >= 0.6 is 0 Å². The molecular weight excluding hydrogens is 174 g/mol. The topological polar surface area (TPSA) is 20.2 Å². The van der Waals surface area contributed by atoms with Gasteiger partial charge in [-0.05, 0) is 18.8 Å². The lowest BCUT2D eigenvalue weighted by Gasteiger charge is -2.58. The number of hydrogen-bond acceptors (Lipinski definition) is 1. The fourth-order valence-corrected chi connectivity index (χ4v) is 4.38. The molecule has 1 saturated carbocycles. The quantitative estimate of drug-likeness (QED) is 0.580. The smallest absolute Gasteiger partial charge is 0.0921 e. The van der Waals surface area contributed by atoms with E-state index >= 15 is 0 Å². The highest BCUT2D eigenvalue weighted by Crippen LogP contribution is 2.47. The average molecular weight is 196 g/mol. The highest BCUT2D eigenvalue weighted by Gasteiger charge is 2.52. The maximum Gasteiger partial charge on any atom is 0.0921 e. The van der Waals surface area contributed by atoms with Crippen LogP contribution in [-0.4, -0.2) is 41.9 Å². The van der Waals surface area contributed by atoms with Crippen molar-refractivity contribution in [3.63, 3.8) is 0 Å². The molecule has 4 fully saturated rings. The summed E-state index contributed by atoms with van der Waals surface area (Å²) < 4.78 is 1.33. The first-order valence-electron chi connectivity index (χ1n) is 6.21. The van der Waals surface area contributed by atoms with Crippen molar-refractivity contribution in [2.24, 2.45) is 11.8 Å². The summed E-state index contributed by atoms with van der Waals surface area (Å²) in [6.07, 6.45) is 6.29. The molecule has 3 heterocycles. The van der Waals surface area contributed by atoms with E-state index in [4.69, 9.17) is 0 Å². The van der Waals surface area contributed by atoms with Crippen LogP contribution < -0.4 is 0 Å². The second kappa shape index (κ2) is 2.96. The van der Waals surface area contributed by atoms with Crippen LogP contribution in [0.25, 0.3) is 0 Å². The SMILES string of the molecule is C[N+]12CCC(CC1)[C@@H]1C[C@H](O)CC[C@@H]12. The summed E-state index contributed by atoms with van der Waals surface area (Å²) in [5, 5.41) is 9.75. The van der Waals surface area contributed by atoms with E-state index in [0.29, 0.717) is 0 Å². The fraction of sp³-hybridized carbons (Fsp3) is 1.00. The molecule has 0 amide bonds. The van der Waals surface area contributed by atoms with Gasteiger partial charge < -0.3 is 9.59 Å². The zero-order valence-corrected chi connectivity index (χ0v) is 9.15. The van der Waals surface area contributed by atoms with Crippen LogP contribution in [0.2, 0.25) is 0 Å². The van der Waals surface area contributed by atoms with Gasteiger partial charge in [0.05, 0.1) is 32.3 Å². The third-order valence-electron chi connectivity index (χ3n) is 5.26. The number of aliphatic hydroxyl groups is 1. The number of quaternary nitrogens is 1. The Bertz CT molecular complexity index is 232. The van der Waals surface area contributed by atoms with Crippen molar-refractivity contribution >= 4 is 0 Å². The molecule has 0 unspecified atom stereocenters. The number of nitrogens with zero attached hydrogens (tertiary/aromatic N) is 1. The van der Waals surface area contributed by atoms with E-state index < -0.39 is 0 Å². The molecule has 2 bridgehead atoms. The van der Waals surface area contributed by atoms with E-state index in [1.807, 2.05) is 0 Å². The lowest BCUT2D eigenvalue weighted by Crippen LogP contribution is -2.67. The van der Waals surface area contributed by atoms with Gasteiger partial charge in [0.1, 0.15) is 0 Å². The molecule has 0 radical (unpaired) electrons. The van der Waals surface area contributed by atoms with Gasteiger partial charge in [-0.2, -0.15) is 0 Å². The number of piperidine rings is 3. The van der Waals surface area contributed by atoms with Crippen LogP contribution in [0.3, 0.4) is 0 Å². The summed E-state index contributed by atoms with van der Waals surface area (Å²) in [6, 6.07) is 0.894. The maximum atomic E-state index is 9.75. The van der Waals surface area contributed by atoms with Crippen molar-refractivity contribution in [2.75, 3.05) is 20.1 Å². The molecule has 0 aromatic carbocycles. The van der Waals surface area contributed by atoms with Crippen LogP contribution in [0.5, 0.6) is 0 Å². The monoisotopic (exact) mass is 196 g/mol. The van der Waals surface area contributed by atoms with Gasteiger partial charge in [-0.25, -0.2) is 0 Å². The molecule has 0 aromatic rings. The lowest BCUT2D eigenvalue weighted by atomic mass is 9.66. The van der Waals surface area contributed by atoms with E-state index in [0.717, 1.165) is 30.7 Å². The summed E-state index contributed by atoms with van der Waals surface area (Å²) in [4.78, 5) is 0. The van der Waals surface area contributed by atoms with E-state index in [2.05, 4.69) is 7.05 Å². The Morgan fingerprint density at radius 1 is 1.07 bits per heavy atom. The van der Waals surface area contributed by atoms with Crippen LogP contribution in [-0.2, 0) is 0 Å². The van der Waals surface area contributed by atoms with Crippen molar-refractivity contribution in [3.8, 4) is 0 Å². The largest absolute Gasteiger partial charge is 0.393 e. The van der Waals surface area contributed by atoms with Gasteiger partial charge in [0, 0.05) is 25.2 Å². The molecule has 0 aromatic heterocycles. The Balaban J connectivity index is 1.87. The summed E-state index contributed by atoms with van der Waals surface area (Å²) in [6.45, 7) is 2.81. The van der Waals surface area contributed by atoms with Gasteiger partial charge in [-0.1, -0.05) is 0 Å². The zero-order valence-electron chi connectivity index (χ0n) is 9.15. The van der Waals surface area contributed by atoms with E-state index in [1.165, 1.54) is 36.8 Å². The van der Waals surface area contributed by atoms with Gasteiger partial charge in [-0.15, -0.1) is 0 Å². The van der Waals surface area contributed by atoms with Crippen molar-refractivity contribution in [2.45, 2.75) is 44.2 Å². The number of rotatable bonds is 0. The zero-order chi connectivity index (χ0) is 9.76. The first-order valence-corrected chi connectivity index (χ1v) is 6.21. The Labute approximate surface area is 86.5 Å². The molecule has 2 nitrogen and oxygen atoms in total. The van der Waals surface area contributed by atoms with Crippen LogP contribution in [0.4, 0.5) is 0 Å². The molecule has 3 atom stereocenters. The standard InChI is InChI=1S/C12H22NO/c1-13-6-4-9(5-7-13)11-8-10(14)2-3-12(11)13/h9-12,14H,2-8H2,1H3/q+1/t9?,10-,11+,12+,13?/m1/s1. The highest BCUT2D eigenvalue weighted by molar-refractivity contribution is 4.91. The molecule has 1 N–H and O–H groups in total. The third-order valence-corrected chi connectivity index (χ3v) is 5.26. The number of hydrogen-bond donors (Lipinski definition) is 1. The van der Waals surface area contributed by atoms with Crippen molar-refractivity contribution < 1.29 is 9.59 Å². The second-order valence-corrected chi connectivity index (χ2v) is 5.96. The Morgan fingerprint density at radius 2 is 1.79 bits per heavy atom. The lowest BCUT2D eigenvalue weighted by molar-refractivity contribution is -0.955. The summed E-state index contributed by atoms with van der Waals surface area (Å²) in [7, 11) is 2.45. The van der Waals surface area contributed by atoms with Crippen molar-refractivity contribution in [1.29, 1.82) is 0 Å². The predicted molar refractivity (Wildman–Crippen MR) is 55.8 cm³/mol. The van der Waals surface area contributed by atoms with Crippen LogP contribution in [0.15, 0.2) is 0 Å². The first kappa shape index (κ1) is 9.17. The third kappa shape index (κ3) is 1.17. The van der Waals surface area contributed by atoms with E-state index in [1.54, 1.807) is 0 Å². The minimum atomic E-state index is 0.0170. The minimum Gasteiger partial charge on any atom is -0.393 e.